The van der Waals surface area contributed by atoms with Crippen molar-refractivity contribution in [2.45, 2.75) is 52.9 Å². The molecule has 0 N–H and O–H groups in total. The van der Waals surface area contributed by atoms with E-state index in [0.29, 0.717) is 75.8 Å². The van der Waals surface area contributed by atoms with Crippen molar-refractivity contribution in [3.63, 3.8) is 0 Å². The Bertz CT molecular complexity index is 1710. The van der Waals surface area contributed by atoms with Gasteiger partial charge in [-0.3, -0.25) is 0 Å². The lowest BCUT2D eigenvalue weighted by molar-refractivity contribution is 0.350. The van der Waals surface area contributed by atoms with Crippen LogP contribution in [0, 0.1) is 0 Å². The molecule has 0 fully saturated rings. The van der Waals surface area contributed by atoms with E-state index in [-0.39, 0.29) is 11.8 Å². The number of alkyl halides is 2. The fourth-order valence-electron chi connectivity index (χ4n) is 6.18. The predicted molar refractivity (Wildman–Crippen MR) is 168 cm³/mol. The van der Waals surface area contributed by atoms with Gasteiger partial charge in [-0.2, -0.15) is 0 Å². The fourth-order valence-corrected chi connectivity index (χ4v) is 7.65. The summed E-state index contributed by atoms with van der Waals surface area (Å²) in [6, 6.07) is 3.65. The smallest absolute Gasteiger partial charge is 0.176 e. The molecule has 5 aromatic rings. The quantitative estimate of drug-likeness (QED) is 0.162. The molecule has 1 heterocycles. The Hall–Kier alpha value is -2.78. The number of rotatable bonds is 8. The molecule has 0 spiro atoms. The second-order valence-electron chi connectivity index (χ2n) is 10.6. The summed E-state index contributed by atoms with van der Waals surface area (Å²) in [7, 11) is 6.32. The monoisotopic (exact) mass is 692 g/mol. The Balaban J connectivity index is 2.17. The van der Waals surface area contributed by atoms with Crippen molar-refractivity contribution in [2.75, 3.05) is 28.4 Å². The number of fused-ring (bicyclic) bond motifs is 7. The van der Waals surface area contributed by atoms with Gasteiger partial charge in [0, 0.05) is 32.7 Å². The average Bonchev–Trinajstić information content (AvgIpc) is 3.35. The average molecular weight is 694 g/mol. The Morgan fingerprint density at radius 1 is 0.610 bits per heavy atom. The summed E-state index contributed by atoms with van der Waals surface area (Å²) in [4.78, 5) is 0. The van der Waals surface area contributed by atoms with Gasteiger partial charge >= 0.3 is 0 Å². The first kappa shape index (κ1) is 29.7. The summed E-state index contributed by atoms with van der Waals surface area (Å²) in [5.74, 6) is 2.18. The van der Waals surface area contributed by atoms with E-state index in [1.807, 2.05) is 39.8 Å². The third-order valence-electron chi connectivity index (χ3n) is 7.76. The fraction of sp³-hybridized carbons (Fsp3) is 0.375. The number of halogens is 4. The van der Waals surface area contributed by atoms with Gasteiger partial charge in [0.2, 0.25) is 0 Å². The second-order valence-corrected chi connectivity index (χ2v) is 12.2. The summed E-state index contributed by atoms with van der Waals surface area (Å²) in [5.41, 5.74) is 3.42. The third-order valence-corrected chi connectivity index (χ3v) is 9.27. The van der Waals surface area contributed by atoms with Crippen molar-refractivity contribution in [3.8, 4) is 23.0 Å². The van der Waals surface area contributed by atoms with Crippen LogP contribution in [0.3, 0.4) is 0 Å². The molecule has 1 aromatic heterocycles. The van der Waals surface area contributed by atoms with Crippen LogP contribution < -0.4 is 18.9 Å². The zero-order valence-electron chi connectivity index (χ0n) is 24.3. The van der Waals surface area contributed by atoms with E-state index in [4.69, 9.17) is 23.4 Å². The largest absolute Gasteiger partial charge is 0.492 e. The van der Waals surface area contributed by atoms with Crippen LogP contribution in [0.5, 0.6) is 23.0 Å². The van der Waals surface area contributed by atoms with Crippen LogP contribution in [0.1, 0.15) is 61.8 Å². The molecule has 0 atom stereocenters. The molecule has 4 aromatic carbocycles. The van der Waals surface area contributed by atoms with Crippen LogP contribution in [-0.2, 0) is 13.3 Å². The molecule has 0 unspecified atom stereocenters. The Kier molecular flexibility index (Phi) is 8.07. The second kappa shape index (κ2) is 11.1. The molecule has 0 saturated carbocycles. The molecule has 0 saturated heterocycles. The Morgan fingerprint density at radius 2 is 0.951 bits per heavy atom. The Labute approximate surface area is 254 Å². The maximum Gasteiger partial charge on any atom is 0.176 e. The van der Waals surface area contributed by atoms with Gasteiger partial charge in [-0.25, -0.2) is 8.78 Å². The summed E-state index contributed by atoms with van der Waals surface area (Å²) < 4.78 is 61.0. The lowest BCUT2D eigenvalue weighted by Crippen LogP contribution is -2.02. The van der Waals surface area contributed by atoms with Crippen molar-refractivity contribution in [2.24, 2.45) is 0 Å². The number of hydrogen-bond donors (Lipinski definition) is 0. The van der Waals surface area contributed by atoms with Crippen molar-refractivity contribution in [1.29, 1.82) is 0 Å². The van der Waals surface area contributed by atoms with Crippen LogP contribution in [0.4, 0.5) is 8.78 Å². The van der Waals surface area contributed by atoms with Crippen LogP contribution >= 0.6 is 31.9 Å². The van der Waals surface area contributed by atoms with Gasteiger partial charge in [-0.05, 0) is 77.7 Å². The molecule has 41 heavy (non-hydrogen) atoms. The summed E-state index contributed by atoms with van der Waals surface area (Å²) in [5, 5.41) is 4.01. The van der Waals surface area contributed by atoms with E-state index in [9.17, 15) is 8.78 Å². The van der Waals surface area contributed by atoms with E-state index in [2.05, 4.69) is 31.9 Å². The van der Waals surface area contributed by atoms with Gasteiger partial charge in [0.25, 0.3) is 0 Å². The third kappa shape index (κ3) is 4.17. The molecule has 218 valence electrons. The van der Waals surface area contributed by atoms with Gasteiger partial charge in [-0.15, -0.1) is 0 Å². The molecule has 5 rings (SSSR count). The summed E-state index contributed by atoms with van der Waals surface area (Å²) >= 11 is 7.47. The van der Waals surface area contributed by atoms with E-state index in [1.54, 1.807) is 28.4 Å². The molecule has 0 aliphatic rings. The molecule has 0 aliphatic carbocycles. The summed E-state index contributed by atoms with van der Waals surface area (Å²) in [6.07, 6.45) is 0. The van der Waals surface area contributed by atoms with E-state index >= 15 is 0 Å². The van der Waals surface area contributed by atoms with Crippen LogP contribution in [0.2, 0.25) is 0 Å². The molecular weight excluding hydrogens is 662 g/mol. The SMILES string of the molecule is COc1c(OC)c(Br)c2c(cc(CF)c3c2oc2c4c(Br)c(OC)c(OC)c(C(C)C)c4cc(CF)c23)c1C(C)C. The van der Waals surface area contributed by atoms with Gasteiger partial charge in [0.15, 0.2) is 23.0 Å². The topological polar surface area (TPSA) is 50.1 Å². The molecule has 0 radical (unpaired) electrons. The van der Waals surface area contributed by atoms with Crippen molar-refractivity contribution in [3.05, 3.63) is 43.3 Å². The van der Waals surface area contributed by atoms with Crippen LogP contribution in [0.15, 0.2) is 25.5 Å². The molecule has 0 amide bonds. The first-order valence-corrected chi connectivity index (χ1v) is 14.9. The van der Waals surface area contributed by atoms with Gasteiger partial charge in [0.1, 0.15) is 24.5 Å². The Morgan fingerprint density at radius 3 is 1.22 bits per heavy atom. The predicted octanol–water partition coefficient (Wildman–Crippen LogP) is 10.6. The van der Waals surface area contributed by atoms with E-state index in [1.165, 1.54) is 0 Å². The number of hydrogen-bond acceptors (Lipinski definition) is 5. The molecule has 5 nitrogen and oxygen atoms in total. The summed E-state index contributed by atoms with van der Waals surface area (Å²) in [6.45, 7) is 6.64. The highest BCUT2D eigenvalue weighted by molar-refractivity contribution is 9.11. The maximum atomic E-state index is 14.9. The molecule has 9 heteroatoms. The van der Waals surface area contributed by atoms with Gasteiger partial charge in [0.05, 0.1) is 37.4 Å². The maximum absolute atomic E-state index is 14.9. The number of furan rings is 1. The van der Waals surface area contributed by atoms with E-state index < -0.39 is 13.3 Å². The normalized spacial score (nSPS) is 12.0. The van der Waals surface area contributed by atoms with Gasteiger partial charge < -0.3 is 23.4 Å². The van der Waals surface area contributed by atoms with Crippen molar-refractivity contribution < 1.29 is 32.1 Å². The number of ether oxygens (including phenoxy) is 4. The lowest BCUT2D eigenvalue weighted by atomic mass is 9.89. The highest BCUT2D eigenvalue weighted by Gasteiger charge is 2.30. The van der Waals surface area contributed by atoms with Gasteiger partial charge in [-0.1, -0.05) is 27.7 Å². The highest BCUT2D eigenvalue weighted by atomic mass is 79.9. The zero-order chi connectivity index (χ0) is 29.9. The van der Waals surface area contributed by atoms with E-state index in [0.717, 1.165) is 21.9 Å². The standard InChI is InChI=1S/C32H32Br2F2O5/c1-13(2)19-17-9-15(11-35)21-22-16(12-36)10-18-20(14(3)4)30(38-6)32(40-8)26(34)24(18)28(22)41-27(21)23(17)25(33)31(39-7)29(19)37-5/h9-10,13-14H,11-12H2,1-8H3. The minimum absolute atomic E-state index is 0.0189. The van der Waals surface area contributed by atoms with Crippen molar-refractivity contribution >= 4 is 75.3 Å². The van der Waals surface area contributed by atoms with Crippen LogP contribution in [0.25, 0.3) is 43.5 Å². The minimum Gasteiger partial charge on any atom is -0.492 e. The first-order valence-electron chi connectivity index (χ1n) is 13.3. The molecule has 0 aliphatic heterocycles. The first-order chi connectivity index (χ1) is 19.6. The van der Waals surface area contributed by atoms with Crippen molar-refractivity contribution in [1.82, 2.24) is 0 Å². The zero-order valence-corrected chi connectivity index (χ0v) is 27.4. The minimum atomic E-state index is -0.765. The molecular formula is C32H32Br2F2O5. The lowest BCUT2D eigenvalue weighted by Gasteiger charge is -2.21. The highest BCUT2D eigenvalue weighted by Crippen LogP contribution is 2.55. The number of methoxy groups -OCH3 is 4. The van der Waals surface area contributed by atoms with Crippen LogP contribution in [-0.4, -0.2) is 28.4 Å². The number of benzene rings is 4. The molecule has 0 bridgehead atoms.